The molecule has 1 aromatic heterocycles. The van der Waals surface area contributed by atoms with Gasteiger partial charge in [0.1, 0.15) is 11.3 Å². The summed E-state index contributed by atoms with van der Waals surface area (Å²) in [6, 6.07) is 14.5. The van der Waals surface area contributed by atoms with Crippen LogP contribution in [0.1, 0.15) is 21.5 Å². The molecule has 0 atom stereocenters. The zero-order valence-corrected chi connectivity index (χ0v) is 17.0. The average Bonchev–Trinajstić information content (AvgIpc) is 3.21. The summed E-state index contributed by atoms with van der Waals surface area (Å²) in [4.78, 5) is 27.9. The molecule has 0 fully saturated rings. The highest BCUT2D eigenvalue weighted by molar-refractivity contribution is 5.95. The Morgan fingerprint density at radius 1 is 1.13 bits per heavy atom. The first kappa shape index (κ1) is 19.6. The number of benzene rings is 2. The lowest BCUT2D eigenvalue weighted by Crippen LogP contribution is -2.34. The minimum atomic E-state index is -0.378. The van der Waals surface area contributed by atoms with Crippen LogP contribution in [0.2, 0.25) is 0 Å². The second-order valence-corrected chi connectivity index (χ2v) is 7.10. The lowest BCUT2D eigenvalue weighted by molar-refractivity contribution is 0.0782. The maximum absolute atomic E-state index is 13.2. The normalized spacial score (nSPS) is 12.0. The molecule has 1 aliphatic heterocycles. The average molecular weight is 406 g/mol. The smallest absolute Gasteiger partial charge is 0.268 e. The van der Waals surface area contributed by atoms with Crippen LogP contribution < -0.4 is 19.8 Å². The number of rotatable bonds is 5. The summed E-state index contributed by atoms with van der Waals surface area (Å²) in [7, 11) is 3.28. The minimum absolute atomic E-state index is 0.139. The first-order chi connectivity index (χ1) is 14.5. The van der Waals surface area contributed by atoms with Gasteiger partial charge in [-0.2, -0.15) is 0 Å². The number of ether oxygens (including phenoxy) is 3. The Hall–Kier alpha value is -3.74. The van der Waals surface area contributed by atoms with Crippen LogP contribution in [-0.4, -0.2) is 36.3 Å². The Bertz CT molecular complexity index is 1170. The van der Waals surface area contributed by atoms with Gasteiger partial charge in [-0.3, -0.25) is 14.2 Å². The van der Waals surface area contributed by atoms with E-state index in [1.54, 1.807) is 51.5 Å². The predicted octanol–water partition coefficient (Wildman–Crippen LogP) is 3.16. The van der Waals surface area contributed by atoms with Crippen LogP contribution in [0.15, 0.2) is 59.5 Å². The predicted molar refractivity (Wildman–Crippen MR) is 112 cm³/mol. The molecule has 2 aromatic carbocycles. The molecular weight excluding hydrogens is 384 g/mol. The number of hydrogen-bond acceptors (Lipinski definition) is 5. The molecule has 7 nitrogen and oxygen atoms in total. The van der Waals surface area contributed by atoms with E-state index < -0.39 is 0 Å². The minimum Gasteiger partial charge on any atom is -0.497 e. The molecule has 0 spiro atoms. The number of nitrogens with zero attached hydrogens (tertiary/aromatic N) is 2. The van der Waals surface area contributed by atoms with Gasteiger partial charge < -0.3 is 19.1 Å². The molecule has 0 saturated carbocycles. The third-order valence-corrected chi connectivity index (χ3v) is 5.05. The van der Waals surface area contributed by atoms with Crippen LogP contribution in [0, 0.1) is 6.92 Å². The molecule has 1 amide bonds. The zero-order valence-electron chi connectivity index (χ0n) is 17.0. The molecule has 0 saturated heterocycles. The van der Waals surface area contributed by atoms with Gasteiger partial charge in [0.2, 0.25) is 6.79 Å². The summed E-state index contributed by atoms with van der Waals surface area (Å²) in [5.41, 5.74) is 1.90. The molecule has 0 aliphatic carbocycles. The lowest BCUT2D eigenvalue weighted by Gasteiger charge is -2.19. The maximum atomic E-state index is 13.2. The summed E-state index contributed by atoms with van der Waals surface area (Å²) in [6.07, 6.45) is 1.66. The summed E-state index contributed by atoms with van der Waals surface area (Å²) >= 11 is 0. The number of hydrogen-bond donors (Lipinski definition) is 0. The molecule has 0 unspecified atom stereocenters. The van der Waals surface area contributed by atoms with Crippen molar-refractivity contribution < 1.29 is 19.0 Å². The van der Waals surface area contributed by atoms with Crippen molar-refractivity contribution in [2.24, 2.45) is 0 Å². The van der Waals surface area contributed by atoms with E-state index in [1.807, 2.05) is 24.3 Å². The van der Waals surface area contributed by atoms with Crippen LogP contribution in [0.5, 0.6) is 17.2 Å². The quantitative estimate of drug-likeness (QED) is 0.651. The number of fused-ring (bicyclic) bond motifs is 1. The Morgan fingerprint density at radius 2 is 1.93 bits per heavy atom. The van der Waals surface area contributed by atoms with Gasteiger partial charge in [-0.15, -0.1) is 0 Å². The second-order valence-electron chi connectivity index (χ2n) is 7.10. The topological polar surface area (TPSA) is 70.0 Å². The summed E-state index contributed by atoms with van der Waals surface area (Å²) in [6.45, 7) is 2.27. The molecule has 2 heterocycles. The SMILES string of the molecule is COc1cccc(CN(C)C(=O)c2c(C)ccn(-c3ccc4c(c3)OCO4)c2=O)c1. The Morgan fingerprint density at radius 3 is 2.73 bits per heavy atom. The monoisotopic (exact) mass is 406 g/mol. The van der Waals surface area contributed by atoms with Crippen molar-refractivity contribution in [1.29, 1.82) is 0 Å². The van der Waals surface area contributed by atoms with E-state index in [0.29, 0.717) is 29.3 Å². The highest BCUT2D eigenvalue weighted by Gasteiger charge is 2.21. The van der Waals surface area contributed by atoms with E-state index in [0.717, 1.165) is 11.3 Å². The Labute approximate surface area is 174 Å². The van der Waals surface area contributed by atoms with Gasteiger partial charge in [0.25, 0.3) is 11.5 Å². The molecule has 30 heavy (non-hydrogen) atoms. The molecular formula is C23H22N2O5. The molecule has 154 valence electrons. The van der Waals surface area contributed by atoms with E-state index in [-0.39, 0.29) is 23.8 Å². The Balaban J connectivity index is 1.65. The van der Waals surface area contributed by atoms with E-state index in [4.69, 9.17) is 14.2 Å². The lowest BCUT2D eigenvalue weighted by atomic mass is 10.1. The third kappa shape index (κ3) is 3.61. The first-order valence-electron chi connectivity index (χ1n) is 9.48. The third-order valence-electron chi connectivity index (χ3n) is 5.05. The van der Waals surface area contributed by atoms with E-state index in [9.17, 15) is 9.59 Å². The van der Waals surface area contributed by atoms with Crippen LogP contribution >= 0.6 is 0 Å². The summed E-state index contributed by atoms with van der Waals surface area (Å²) in [5, 5.41) is 0. The fourth-order valence-electron chi connectivity index (χ4n) is 3.43. The number of amides is 1. The maximum Gasteiger partial charge on any atom is 0.268 e. The summed E-state index contributed by atoms with van der Waals surface area (Å²) < 4.78 is 17.4. The second kappa shape index (κ2) is 7.94. The van der Waals surface area contributed by atoms with Gasteiger partial charge in [-0.1, -0.05) is 12.1 Å². The molecule has 3 aromatic rings. The standard InChI is InChI=1S/C23H22N2O5/c1-15-9-10-25(17-7-8-19-20(12-17)30-14-29-19)23(27)21(15)22(26)24(2)13-16-5-4-6-18(11-16)28-3/h4-12H,13-14H2,1-3H3. The van der Waals surface area contributed by atoms with Crippen LogP contribution in [-0.2, 0) is 6.54 Å². The van der Waals surface area contributed by atoms with Crippen molar-refractivity contribution in [3.63, 3.8) is 0 Å². The first-order valence-corrected chi connectivity index (χ1v) is 9.48. The highest BCUT2D eigenvalue weighted by Crippen LogP contribution is 2.33. The van der Waals surface area contributed by atoms with Crippen LogP contribution in [0.4, 0.5) is 0 Å². The van der Waals surface area contributed by atoms with Gasteiger partial charge in [0.15, 0.2) is 11.5 Å². The van der Waals surface area contributed by atoms with Crippen LogP contribution in [0.25, 0.3) is 5.69 Å². The van der Waals surface area contributed by atoms with Crippen molar-refractivity contribution >= 4 is 5.91 Å². The number of methoxy groups -OCH3 is 1. The van der Waals surface area contributed by atoms with Gasteiger partial charge in [-0.25, -0.2) is 0 Å². The number of carbonyl (C=O) groups excluding carboxylic acids is 1. The van der Waals surface area contributed by atoms with E-state index >= 15 is 0 Å². The Kier molecular flexibility index (Phi) is 5.18. The summed E-state index contributed by atoms with van der Waals surface area (Å²) in [5.74, 6) is 1.58. The van der Waals surface area contributed by atoms with Crippen molar-refractivity contribution in [2.75, 3.05) is 21.0 Å². The van der Waals surface area contributed by atoms with E-state index in [1.165, 1.54) is 9.47 Å². The molecule has 0 N–H and O–H groups in total. The van der Waals surface area contributed by atoms with Crippen LogP contribution in [0.3, 0.4) is 0 Å². The van der Waals surface area contributed by atoms with Crippen molar-refractivity contribution in [3.8, 4) is 22.9 Å². The number of aromatic nitrogens is 1. The largest absolute Gasteiger partial charge is 0.497 e. The fraction of sp³-hybridized carbons (Fsp3) is 0.217. The number of carbonyl (C=O) groups is 1. The molecule has 1 aliphatic rings. The molecule has 0 bridgehead atoms. The molecule has 4 rings (SSSR count). The highest BCUT2D eigenvalue weighted by atomic mass is 16.7. The molecule has 7 heteroatoms. The van der Waals surface area contributed by atoms with Gasteiger partial charge in [-0.05, 0) is 48.4 Å². The van der Waals surface area contributed by atoms with Gasteiger partial charge in [0, 0.05) is 25.9 Å². The van der Waals surface area contributed by atoms with Crippen molar-refractivity contribution in [1.82, 2.24) is 9.47 Å². The van der Waals surface area contributed by atoms with Gasteiger partial charge >= 0.3 is 0 Å². The molecule has 0 radical (unpaired) electrons. The number of aryl methyl sites for hydroxylation is 1. The van der Waals surface area contributed by atoms with Crippen molar-refractivity contribution in [3.05, 3.63) is 81.8 Å². The zero-order chi connectivity index (χ0) is 21.3. The van der Waals surface area contributed by atoms with Crippen molar-refractivity contribution in [2.45, 2.75) is 13.5 Å². The fourth-order valence-corrected chi connectivity index (χ4v) is 3.43. The number of pyridine rings is 1. The van der Waals surface area contributed by atoms with E-state index in [2.05, 4.69) is 0 Å². The van der Waals surface area contributed by atoms with Gasteiger partial charge in [0.05, 0.1) is 12.8 Å².